The Labute approximate surface area is 79.1 Å². The van der Waals surface area contributed by atoms with Crippen molar-refractivity contribution in [2.45, 2.75) is 60.3 Å². The van der Waals surface area contributed by atoms with Gasteiger partial charge in [0, 0.05) is 0 Å². The lowest BCUT2D eigenvalue weighted by molar-refractivity contribution is 0.486. The van der Waals surface area contributed by atoms with E-state index in [2.05, 4.69) is 13.5 Å². The first-order chi connectivity index (χ1) is 5.80. The highest BCUT2D eigenvalue weighted by Crippen LogP contribution is 2.26. The molecule has 1 unspecified atom stereocenters. The third-order valence-corrected chi connectivity index (χ3v) is 2.08. The molecule has 1 aliphatic carbocycles. The van der Waals surface area contributed by atoms with E-state index in [1.165, 1.54) is 31.3 Å². The van der Waals surface area contributed by atoms with E-state index < -0.39 is 0 Å². The molecule has 0 aromatic rings. The van der Waals surface area contributed by atoms with Gasteiger partial charge in [0.15, 0.2) is 0 Å². The van der Waals surface area contributed by atoms with Crippen LogP contribution in [-0.4, -0.2) is 0 Å². The lowest BCUT2D eigenvalue weighted by atomic mass is 9.87. The minimum absolute atomic E-state index is 0.809. The monoisotopic (exact) mass is 170 g/mol. The molecule has 0 radical (unpaired) electrons. The predicted octanol–water partition coefficient (Wildman–Crippen LogP) is 4.81. The van der Waals surface area contributed by atoms with E-state index in [1.54, 1.807) is 0 Å². The topological polar surface area (TPSA) is 0 Å². The van der Waals surface area contributed by atoms with Crippen molar-refractivity contribution < 1.29 is 0 Å². The van der Waals surface area contributed by atoms with Crippen molar-refractivity contribution in [2.75, 3.05) is 0 Å². The lowest BCUT2D eigenvalue weighted by Gasteiger charge is -2.19. The lowest BCUT2D eigenvalue weighted by Crippen LogP contribution is -2.03. The highest BCUT2D eigenvalue weighted by atomic mass is 14.2. The maximum atomic E-state index is 4.00. The first-order valence-corrected chi connectivity index (χ1v) is 5.48. The van der Waals surface area contributed by atoms with Crippen LogP contribution in [0.2, 0.25) is 0 Å². The van der Waals surface area contributed by atoms with Crippen molar-refractivity contribution in [1.29, 1.82) is 0 Å². The van der Waals surface area contributed by atoms with Gasteiger partial charge < -0.3 is 0 Å². The second kappa shape index (κ2) is 10.7. The van der Waals surface area contributed by atoms with Crippen molar-refractivity contribution in [3.8, 4) is 0 Å². The van der Waals surface area contributed by atoms with Gasteiger partial charge in [0.05, 0.1) is 0 Å². The Balaban J connectivity index is 0. The van der Waals surface area contributed by atoms with Gasteiger partial charge in [-0.15, -0.1) is 0 Å². The molecule has 1 aliphatic rings. The summed E-state index contributed by atoms with van der Waals surface area (Å²) in [4.78, 5) is 0. The smallest absolute Gasteiger partial charge is 0.0234 e. The second-order valence-corrected chi connectivity index (χ2v) is 2.81. The molecule has 1 fully saturated rings. The van der Waals surface area contributed by atoms with Gasteiger partial charge in [-0.05, 0) is 25.2 Å². The molecule has 74 valence electrons. The van der Waals surface area contributed by atoms with Crippen LogP contribution in [0.25, 0.3) is 0 Å². The van der Waals surface area contributed by atoms with Crippen molar-refractivity contribution >= 4 is 0 Å². The molecule has 0 nitrogen and oxygen atoms in total. The molecule has 12 heavy (non-hydrogen) atoms. The zero-order valence-corrected chi connectivity index (χ0v) is 9.61. The second-order valence-electron chi connectivity index (χ2n) is 2.81. The van der Waals surface area contributed by atoms with E-state index in [0.717, 1.165) is 5.92 Å². The summed E-state index contributed by atoms with van der Waals surface area (Å²) in [6.45, 7) is 14.3. The molecule has 0 heterocycles. The number of rotatable bonds is 0. The van der Waals surface area contributed by atoms with Crippen LogP contribution in [0.1, 0.15) is 60.3 Å². The summed E-state index contributed by atoms with van der Waals surface area (Å²) in [5.74, 6) is 0.809. The van der Waals surface area contributed by atoms with Gasteiger partial charge >= 0.3 is 0 Å². The maximum absolute atomic E-state index is 4.00. The van der Waals surface area contributed by atoms with Crippen LogP contribution >= 0.6 is 0 Å². The largest absolute Gasteiger partial charge is 0.0996 e. The zero-order valence-electron chi connectivity index (χ0n) is 9.61. The molecule has 0 N–H and O–H groups in total. The minimum Gasteiger partial charge on any atom is -0.0996 e. The van der Waals surface area contributed by atoms with Crippen LogP contribution in [-0.2, 0) is 0 Å². The average Bonchev–Trinajstić information content (AvgIpc) is 2.17. The summed E-state index contributed by atoms with van der Waals surface area (Å²) < 4.78 is 0. The Morgan fingerprint density at radius 3 is 1.83 bits per heavy atom. The summed E-state index contributed by atoms with van der Waals surface area (Å²) in [6, 6.07) is 0. The van der Waals surface area contributed by atoms with Crippen molar-refractivity contribution in [2.24, 2.45) is 5.92 Å². The highest BCUT2D eigenvalue weighted by molar-refractivity contribution is 5.01. The molecule has 0 aromatic carbocycles. The molecular formula is C12H26. The van der Waals surface area contributed by atoms with Crippen LogP contribution in [0.4, 0.5) is 0 Å². The Bertz CT molecular complexity index is 92.2. The third kappa shape index (κ3) is 6.45. The summed E-state index contributed by atoms with van der Waals surface area (Å²) in [7, 11) is 0. The van der Waals surface area contributed by atoms with Gasteiger partial charge in [-0.3, -0.25) is 0 Å². The van der Waals surface area contributed by atoms with E-state index in [0.29, 0.717) is 0 Å². The Morgan fingerprint density at radius 2 is 1.58 bits per heavy atom. The SMILES string of the molecule is C=C1CCCCC1C.CC.CC. The average molecular weight is 170 g/mol. The van der Waals surface area contributed by atoms with E-state index >= 15 is 0 Å². The molecular weight excluding hydrogens is 144 g/mol. The molecule has 0 aromatic heterocycles. The Morgan fingerprint density at radius 1 is 1.08 bits per heavy atom. The van der Waals surface area contributed by atoms with Crippen LogP contribution < -0.4 is 0 Å². The molecule has 1 atom stereocenters. The fourth-order valence-electron chi connectivity index (χ4n) is 1.25. The van der Waals surface area contributed by atoms with Gasteiger partial charge in [-0.25, -0.2) is 0 Å². The summed E-state index contributed by atoms with van der Waals surface area (Å²) in [5.41, 5.74) is 1.47. The first-order valence-electron chi connectivity index (χ1n) is 5.48. The van der Waals surface area contributed by atoms with E-state index in [4.69, 9.17) is 0 Å². The van der Waals surface area contributed by atoms with Gasteiger partial charge in [0.25, 0.3) is 0 Å². The molecule has 1 saturated carbocycles. The predicted molar refractivity (Wildman–Crippen MR) is 59.5 cm³/mol. The number of allylic oxidation sites excluding steroid dienone is 1. The molecule has 0 heteroatoms. The van der Waals surface area contributed by atoms with E-state index in [-0.39, 0.29) is 0 Å². The molecule has 0 saturated heterocycles. The minimum atomic E-state index is 0.809. The molecule has 0 aliphatic heterocycles. The Kier molecular flexibility index (Phi) is 12.8. The molecule has 0 amide bonds. The van der Waals surface area contributed by atoms with Crippen LogP contribution in [0.15, 0.2) is 12.2 Å². The number of hydrogen-bond acceptors (Lipinski definition) is 0. The fraction of sp³-hybridized carbons (Fsp3) is 0.833. The van der Waals surface area contributed by atoms with Gasteiger partial charge in [-0.2, -0.15) is 0 Å². The molecule has 0 spiro atoms. The van der Waals surface area contributed by atoms with Gasteiger partial charge in [0.2, 0.25) is 0 Å². The quantitative estimate of drug-likeness (QED) is 0.458. The molecule has 0 bridgehead atoms. The maximum Gasteiger partial charge on any atom is -0.0234 e. The normalized spacial score (nSPS) is 21.4. The van der Waals surface area contributed by atoms with Gasteiger partial charge in [-0.1, -0.05) is 53.2 Å². The van der Waals surface area contributed by atoms with Crippen LogP contribution in [0, 0.1) is 5.92 Å². The van der Waals surface area contributed by atoms with Crippen LogP contribution in [0.5, 0.6) is 0 Å². The zero-order chi connectivity index (χ0) is 9.98. The first kappa shape index (κ1) is 14.3. The van der Waals surface area contributed by atoms with E-state index in [9.17, 15) is 0 Å². The third-order valence-electron chi connectivity index (χ3n) is 2.08. The van der Waals surface area contributed by atoms with E-state index in [1.807, 2.05) is 27.7 Å². The highest BCUT2D eigenvalue weighted by Gasteiger charge is 2.10. The number of hydrogen-bond donors (Lipinski definition) is 0. The summed E-state index contributed by atoms with van der Waals surface area (Å²) >= 11 is 0. The summed E-state index contributed by atoms with van der Waals surface area (Å²) in [5, 5.41) is 0. The summed E-state index contributed by atoms with van der Waals surface area (Å²) in [6.07, 6.45) is 5.45. The standard InChI is InChI=1S/C8H14.2C2H6/c1-7-5-3-4-6-8(7)2;2*1-2/h8H,1,3-6H2,2H3;2*1-2H3. The van der Waals surface area contributed by atoms with Crippen molar-refractivity contribution in [1.82, 2.24) is 0 Å². The fourth-order valence-corrected chi connectivity index (χ4v) is 1.25. The van der Waals surface area contributed by atoms with Crippen molar-refractivity contribution in [3.63, 3.8) is 0 Å². The van der Waals surface area contributed by atoms with Crippen LogP contribution in [0.3, 0.4) is 0 Å². The van der Waals surface area contributed by atoms with Crippen molar-refractivity contribution in [3.05, 3.63) is 12.2 Å². The van der Waals surface area contributed by atoms with Gasteiger partial charge in [0.1, 0.15) is 0 Å². The molecule has 1 rings (SSSR count). The Hall–Kier alpha value is -0.260.